The van der Waals surface area contributed by atoms with Gasteiger partial charge in [-0.3, -0.25) is 4.79 Å². The van der Waals surface area contributed by atoms with Crippen LogP contribution in [0, 0.1) is 11.3 Å². The van der Waals surface area contributed by atoms with Gasteiger partial charge >= 0.3 is 12.0 Å². The van der Waals surface area contributed by atoms with Gasteiger partial charge < -0.3 is 14.9 Å². The van der Waals surface area contributed by atoms with Crippen LogP contribution in [-0.2, 0) is 4.79 Å². The number of carbonyl (C=O) groups excluding carboxylic acids is 1. The van der Waals surface area contributed by atoms with E-state index in [4.69, 9.17) is 0 Å². The minimum atomic E-state index is -0.752. The van der Waals surface area contributed by atoms with Gasteiger partial charge in [-0.05, 0) is 31.6 Å². The molecule has 1 aliphatic carbocycles. The van der Waals surface area contributed by atoms with Crippen LogP contribution in [0.1, 0.15) is 51.9 Å². The normalized spacial score (nSPS) is 26.3. The molecule has 21 heavy (non-hydrogen) atoms. The van der Waals surface area contributed by atoms with Crippen LogP contribution in [0.3, 0.4) is 0 Å². The summed E-state index contributed by atoms with van der Waals surface area (Å²) in [5.41, 5.74) is -0.724. The molecule has 0 aromatic heterocycles. The molecule has 0 radical (unpaired) electrons. The average Bonchev–Trinajstić information content (AvgIpc) is 3.08. The molecule has 5 nitrogen and oxygen atoms in total. The zero-order valence-corrected chi connectivity index (χ0v) is 13.3. The first-order valence-corrected chi connectivity index (χ1v) is 8.22. The van der Waals surface area contributed by atoms with Gasteiger partial charge in [0.1, 0.15) is 0 Å². The zero-order chi connectivity index (χ0) is 15.5. The SMILES string of the molecule is CCCC1(C(=O)O)CCN(C(=O)N(C)CC2CCCC2)C1. The number of nitrogens with zero attached hydrogens (tertiary/aromatic N) is 2. The lowest BCUT2D eigenvalue weighted by Crippen LogP contribution is -2.43. The summed E-state index contributed by atoms with van der Waals surface area (Å²) >= 11 is 0. The van der Waals surface area contributed by atoms with Crippen LogP contribution in [0.4, 0.5) is 4.79 Å². The van der Waals surface area contributed by atoms with E-state index in [0.29, 0.717) is 31.8 Å². The van der Waals surface area contributed by atoms with Crippen molar-refractivity contribution < 1.29 is 14.7 Å². The third-order valence-electron chi connectivity index (χ3n) is 5.14. The van der Waals surface area contributed by atoms with E-state index in [9.17, 15) is 14.7 Å². The smallest absolute Gasteiger partial charge is 0.319 e. The number of aliphatic carboxylic acids is 1. The maximum atomic E-state index is 12.5. The average molecular weight is 296 g/mol. The Morgan fingerprint density at radius 1 is 1.33 bits per heavy atom. The molecule has 120 valence electrons. The van der Waals surface area contributed by atoms with Crippen LogP contribution in [0.5, 0.6) is 0 Å². The molecule has 1 aliphatic heterocycles. The van der Waals surface area contributed by atoms with E-state index in [1.54, 1.807) is 9.80 Å². The second-order valence-electron chi connectivity index (χ2n) is 6.82. The van der Waals surface area contributed by atoms with E-state index in [2.05, 4.69) is 0 Å². The Bertz CT molecular complexity index is 393. The lowest BCUT2D eigenvalue weighted by Gasteiger charge is -2.28. The van der Waals surface area contributed by atoms with Gasteiger partial charge in [0.25, 0.3) is 0 Å². The topological polar surface area (TPSA) is 60.9 Å². The van der Waals surface area contributed by atoms with E-state index in [0.717, 1.165) is 13.0 Å². The van der Waals surface area contributed by atoms with Crippen LogP contribution >= 0.6 is 0 Å². The maximum Gasteiger partial charge on any atom is 0.319 e. The first-order chi connectivity index (χ1) is 9.98. The van der Waals surface area contributed by atoms with Crippen LogP contribution in [0.25, 0.3) is 0 Å². The van der Waals surface area contributed by atoms with Gasteiger partial charge in [-0.25, -0.2) is 4.79 Å². The molecule has 2 fully saturated rings. The number of carboxylic acids is 1. The maximum absolute atomic E-state index is 12.5. The molecule has 2 amide bonds. The number of urea groups is 1. The highest BCUT2D eigenvalue weighted by Crippen LogP contribution is 2.36. The lowest BCUT2D eigenvalue weighted by atomic mass is 9.83. The molecule has 0 aromatic carbocycles. The summed E-state index contributed by atoms with van der Waals surface area (Å²) in [4.78, 5) is 27.6. The second-order valence-corrected chi connectivity index (χ2v) is 6.82. The molecule has 0 aromatic rings. The number of amides is 2. The highest BCUT2D eigenvalue weighted by Gasteiger charge is 2.45. The number of carboxylic acid groups (broad SMARTS) is 1. The van der Waals surface area contributed by atoms with Gasteiger partial charge in [-0.15, -0.1) is 0 Å². The van der Waals surface area contributed by atoms with E-state index in [-0.39, 0.29) is 6.03 Å². The fraction of sp³-hybridized carbons (Fsp3) is 0.875. The van der Waals surface area contributed by atoms with E-state index in [1.807, 2.05) is 14.0 Å². The molecule has 5 heteroatoms. The minimum absolute atomic E-state index is 0.00104. The molecule has 1 saturated carbocycles. The highest BCUT2D eigenvalue weighted by molar-refractivity contribution is 5.79. The lowest BCUT2D eigenvalue weighted by molar-refractivity contribution is -0.148. The van der Waals surface area contributed by atoms with Gasteiger partial charge in [0, 0.05) is 26.7 Å². The first kappa shape index (κ1) is 16.1. The Balaban J connectivity index is 1.92. The number of rotatable bonds is 5. The summed E-state index contributed by atoms with van der Waals surface area (Å²) in [5, 5.41) is 9.51. The zero-order valence-electron chi connectivity index (χ0n) is 13.3. The predicted octanol–water partition coefficient (Wildman–Crippen LogP) is 2.81. The number of likely N-dealkylation sites (tertiary alicyclic amines) is 1. The third-order valence-corrected chi connectivity index (χ3v) is 5.14. The molecular formula is C16H28N2O3. The van der Waals surface area contributed by atoms with E-state index >= 15 is 0 Å². The Morgan fingerprint density at radius 2 is 2.00 bits per heavy atom. The number of hydrogen-bond donors (Lipinski definition) is 1. The van der Waals surface area contributed by atoms with Gasteiger partial charge in [0.15, 0.2) is 0 Å². The molecule has 0 spiro atoms. The van der Waals surface area contributed by atoms with Gasteiger partial charge in [0.2, 0.25) is 0 Å². The Labute approximate surface area is 127 Å². The first-order valence-electron chi connectivity index (χ1n) is 8.22. The van der Waals surface area contributed by atoms with Crippen molar-refractivity contribution in [2.24, 2.45) is 11.3 Å². The van der Waals surface area contributed by atoms with Crippen molar-refractivity contribution in [3.05, 3.63) is 0 Å². The molecular weight excluding hydrogens is 268 g/mol. The molecule has 0 bridgehead atoms. The predicted molar refractivity (Wildman–Crippen MR) is 81.2 cm³/mol. The molecule has 2 rings (SSSR count). The van der Waals surface area contributed by atoms with Crippen molar-refractivity contribution in [3.63, 3.8) is 0 Å². The minimum Gasteiger partial charge on any atom is -0.481 e. The highest BCUT2D eigenvalue weighted by atomic mass is 16.4. The molecule has 1 saturated heterocycles. The fourth-order valence-electron chi connectivity index (χ4n) is 3.90. The van der Waals surface area contributed by atoms with Crippen molar-refractivity contribution in [1.29, 1.82) is 0 Å². The Morgan fingerprint density at radius 3 is 2.57 bits per heavy atom. The fourth-order valence-corrected chi connectivity index (χ4v) is 3.90. The number of hydrogen-bond acceptors (Lipinski definition) is 2. The molecule has 1 unspecified atom stereocenters. The van der Waals surface area contributed by atoms with Crippen molar-refractivity contribution in [1.82, 2.24) is 9.80 Å². The molecule has 1 heterocycles. The number of carbonyl (C=O) groups is 2. The quantitative estimate of drug-likeness (QED) is 0.848. The molecule has 2 aliphatic rings. The Kier molecular flexibility index (Phi) is 5.12. The van der Waals surface area contributed by atoms with E-state index in [1.165, 1.54) is 25.7 Å². The van der Waals surface area contributed by atoms with Gasteiger partial charge in [-0.1, -0.05) is 26.2 Å². The van der Waals surface area contributed by atoms with Crippen LogP contribution in [-0.4, -0.2) is 53.6 Å². The van der Waals surface area contributed by atoms with Crippen LogP contribution < -0.4 is 0 Å². The van der Waals surface area contributed by atoms with E-state index < -0.39 is 11.4 Å². The summed E-state index contributed by atoms with van der Waals surface area (Å²) < 4.78 is 0. The Hall–Kier alpha value is -1.26. The summed E-state index contributed by atoms with van der Waals surface area (Å²) in [6.07, 6.45) is 7.05. The summed E-state index contributed by atoms with van der Waals surface area (Å²) in [5.74, 6) is -0.125. The monoisotopic (exact) mass is 296 g/mol. The summed E-state index contributed by atoms with van der Waals surface area (Å²) in [6, 6.07) is 0.00104. The van der Waals surface area contributed by atoms with Crippen molar-refractivity contribution >= 4 is 12.0 Å². The molecule has 1 N–H and O–H groups in total. The van der Waals surface area contributed by atoms with Crippen molar-refractivity contribution in [2.75, 3.05) is 26.7 Å². The van der Waals surface area contributed by atoms with Crippen LogP contribution in [0.2, 0.25) is 0 Å². The molecule has 1 atom stereocenters. The second kappa shape index (κ2) is 6.67. The van der Waals surface area contributed by atoms with Crippen molar-refractivity contribution in [2.45, 2.75) is 51.9 Å². The van der Waals surface area contributed by atoms with Crippen LogP contribution in [0.15, 0.2) is 0 Å². The van der Waals surface area contributed by atoms with Gasteiger partial charge in [-0.2, -0.15) is 0 Å². The summed E-state index contributed by atoms with van der Waals surface area (Å²) in [6.45, 7) is 3.74. The summed E-state index contributed by atoms with van der Waals surface area (Å²) in [7, 11) is 1.85. The third kappa shape index (κ3) is 3.50. The van der Waals surface area contributed by atoms with Gasteiger partial charge in [0.05, 0.1) is 5.41 Å². The largest absolute Gasteiger partial charge is 0.481 e. The van der Waals surface area contributed by atoms with Crippen molar-refractivity contribution in [3.8, 4) is 0 Å². The standard InChI is InChI=1S/C16H28N2O3/c1-3-8-16(14(19)20)9-10-18(12-16)15(21)17(2)11-13-6-4-5-7-13/h13H,3-12H2,1-2H3,(H,19,20).